The van der Waals surface area contributed by atoms with Gasteiger partial charge in [-0.25, -0.2) is 0 Å². The van der Waals surface area contributed by atoms with Gasteiger partial charge in [-0.3, -0.25) is 4.79 Å². The van der Waals surface area contributed by atoms with E-state index in [9.17, 15) is 4.79 Å². The van der Waals surface area contributed by atoms with Gasteiger partial charge in [0, 0.05) is 19.8 Å². The smallest absolute Gasteiger partial charge is 0.310 e. The van der Waals surface area contributed by atoms with Crippen molar-refractivity contribution in [2.45, 2.75) is 6.42 Å². The van der Waals surface area contributed by atoms with Gasteiger partial charge in [0.1, 0.15) is 6.61 Å². The van der Waals surface area contributed by atoms with E-state index in [1.807, 2.05) is 43.3 Å². The molecule has 0 aromatic heterocycles. The minimum Gasteiger partial charge on any atom is -0.461 e. The summed E-state index contributed by atoms with van der Waals surface area (Å²) in [6.07, 6.45) is 1.87. The van der Waals surface area contributed by atoms with Crippen molar-refractivity contribution in [3.05, 3.63) is 42.5 Å². The van der Waals surface area contributed by atoms with E-state index in [1.54, 1.807) is 6.08 Å². The molecule has 1 rings (SSSR count). The fourth-order valence-corrected chi connectivity index (χ4v) is 1.28. The van der Waals surface area contributed by atoms with Crippen LogP contribution in [-0.2, 0) is 16.0 Å². The second-order valence-electron chi connectivity index (χ2n) is 3.71. The van der Waals surface area contributed by atoms with Gasteiger partial charge < -0.3 is 9.64 Å². The van der Waals surface area contributed by atoms with Crippen molar-refractivity contribution in [2.75, 3.05) is 25.6 Å². The number of benzene rings is 1. The topological polar surface area (TPSA) is 29.5 Å². The lowest BCUT2D eigenvalue weighted by Crippen LogP contribution is -2.10. The molecule has 1 aromatic rings. The van der Waals surface area contributed by atoms with E-state index in [1.165, 1.54) is 0 Å². The van der Waals surface area contributed by atoms with E-state index >= 15 is 0 Å². The zero-order valence-corrected chi connectivity index (χ0v) is 9.77. The molecule has 0 heterocycles. The number of esters is 1. The standard InChI is InChI=1S/C13H17NO2/c1-4-9-16-13(15)10-11-5-7-12(8-6-11)14(2)3/h4-8H,1,9-10H2,2-3H3. The van der Waals surface area contributed by atoms with Crippen LogP contribution in [-0.4, -0.2) is 26.7 Å². The van der Waals surface area contributed by atoms with Gasteiger partial charge in [0.05, 0.1) is 6.42 Å². The molecule has 0 spiro atoms. The van der Waals surface area contributed by atoms with Crippen LogP contribution in [0.4, 0.5) is 5.69 Å². The van der Waals surface area contributed by atoms with Crippen LogP contribution in [0.15, 0.2) is 36.9 Å². The molecule has 0 atom stereocenters. The lowest BCUT2D eigenvalue weighted by Gasteiger charge is -2.12. The van der Waals surface area contributed by atoms with Crippen LogP contribution in [0, 0.1) is 0 Å². The Morgan fingerprint density at radius 1 is 1.38 bits per heavy atom. The third-order valence-corrected chi connectivity index (χ3v) is 2.16. The number of hydrogen-bond acceptors (Lipinski definition) is 3. The summed E-state index contributed by atoms with van der Waals surface area (Å²) < 4.78 is 4.91. The molecule has 0 fully saturated rings. The molecular weight excluding hydrogens is 202 g/mol. The molecule has 1 aromatic carbocycles. The minimum atomic E-state index is -0.225. The summed E-state index contributed by atoms with van der Waals surface area (Å²) in [5.74, 6) is -0.225. The number of carbonyl (C=O) groups excluding carboxylic acids is 1. The Balaban J connectivity index is 2.54. The third-order valence-electron chi connectivity index (χ3n) is 2.16. The van der Waals surface area contributed by atoms with Crippen LogP contribution in [0.5, 0.6) is 0 Å². The highest BCUT2D eigenvalue weighted by Gasteiger charge is 2.04. The lowest BCUT2D eigenvalue weighted by molar-refractivity contribution is -0.141. The summed E-state index contributed by atoms with van der Waals surface area (Å²) in [7, 11) is 3.96. The van der Waals surface area contributed by atoms with Crippen molar-refractivity contribution < 1.29 is 9.53 Å². The maximum atomic E-state index is 11.3. The highest BCUT2D eigenvalue weighted by molar-refractivity contribution is 5.72. The summed E-state index contributed by atoms with van der Waals surface area (Å²) in [6, 6.07) is 7.83. The summed E-state index contributed by atoms with van der Waals surface area (Å²) in [5.41, 5.74) is 2.07. The van der Waals surface area contributed by atoms with Crippen molar-refractivity contribution in [1.82, 2.24) is 0 Å². The van der Waals surface area contributed by atoms with Crippen LogP contribution in [0.3, 0.4) is 0 Å². The average molecular weight is 219 g/mol. The molecule has 0 saturated heterocycles. The van der Waals surface area contributed by atoms with Crippen LogP contribution >= 0.6 is 0 Å². The zero-order chi connectivity index (χ0) is 12.0. The Hall–Kier alpha value is -1.77. The number of hydrogen-bond donors (Lipinski definition) is 0. The second kappa shape index (κ2) is 5.95. The van der Waals surface area contributed by atoms with Crippen molar-refractivity contribution in [3.63, 3.8) is 0 Å². The Labute approximate surface area is 96.3 Å². The second-order valence-corrected chi connectivity index (χ2v) is 3.71. The molecule has 0 N–H and O–H groups in total. The number of anilines is 1. The molecule has 16 heavy (non-hydrogen) atoms. The highest BCUT2D eigenvalue weighted by Crippen LogP contribution is 2.12. The quantitative estimate of drug-likeness (QED) is 0.560. The molecule has 3 heteroatoms. The van der Waals surface area contributed by atoms with E-state index in [2.05, 4.69) is 6.58 Å². The van der Waals surface area contributed by atoms with Crippen molar-refractivity contribution in [1.29, 1.82) is 0 Å². The van der Waals surface area contributed by atoms with Gasteiger partial charge in [0.2, 0.25) is 0 Å². The number of nitrogens with zero attached hydrogens (tertiary/aromatic N) is 1. The third kappa shape index (κ3) is 3.77. The first-order valence-electron chi connectivity index (χ1n) is 5.16. The maximum absolute atomic E-state index is 11.3. The van der Waals surface area contributed by atoms with Crippen LogP contribution in [0.2, 0.25) is 0 Å². The summed E-state index contributed by atoms with van der Waals surface area (Å²) in [5, 5.41) is 0. The molecule has 0 unspecified atom stereocenters. The maximum Gasteiger partial charge on any atom is 0.310 e. The molecule has 86 valence electrons. The first-order chi connectivity index (χ1) is 7.63. The van der Waals surface area contributed by atoms with Gasteiger partial charge >= 0.3 is 5.97 Å². The molecule has 0 amide bonds. The van der Waals surface area contributed by atoms with E-state index < -0.39 is 0 Å². The largest absolute Gasteiger partial charge is 0.461 e. The molecule has 0 bridgehead atoms. The van der Waals surface area contributed by atoms with Gasteiger partial charge in [-0.1, -0.05) is 24.8 Å². The Morgan fingerprint density at radius 2 is 2.00 bits per heavy atom. The van der Waals surface area contributed by atoms with Gasteiger partial charge in [-0.05, 0) is 17.7 Å². The van der Waals surface area contributed by atoms with Crippen LogP contribution in [0.1, 0.15) is 5.56 Å². The van der Waals surface area contributed by atoms with Crippen molar-refractivity contribution in [2.24, 2.45) is 0 Å². The van der Waals surface area contributed by atoms with Crippen molar-refractivity contribution in [3.8, 4) is 0 Å². The molecule has 0 aliphatic heterocycles. The summed E-state index contributed by atoms with van der Waals surface area (Å²) in [4.78, 5) is 13.3. The first-order valence-corrected chi connectivity index (χ1v) is 5.16. The van der Waals surface area contributed by atoms with E-state index in [-0.39, 0.29) is 12.6 Å². The normalized spacial score (nSPS) is 9.62. The van der Waals surface area contributed by atoms with Crippen LogP contribution in [0.25, 0.3) is 0 Å². The minimum absolute atomic E-state index is 0.225. The number of carbonyl (C=O) groups is 1. The SMILES string of the molecule is C=CCOC(=O)Cc1ccc(N(C)C)cc1. The van der Waals surface area contributed by atoms with E-state index in [0.717, 1.165) is 11.3 Å². The summed E-state index contributed by atoms with van der Waals surface area (Å²) >= 11 is 0. The monoisotopic (exact) mass is 219 g/mol. The van der Waals surface area contributed by atoms with Gasteiger partial charge in [-0.15, -0.1) is 0 Å². The predicted molar refractivity (Wildman–Crippen MR) is 65.6 cm³/mol. The molecular formula is C13H17NO2. The van der Waals surface area contributed by atoms with Gasteiger partial charge in [0.25, 0.3) is 0 Å². The predicted octanol–water partition coefficient (Wildman–Crippen LogP) is 2.02. The average Bonchev–Trinajstić information content (AvgIpc) is 2.27. The molecule has 3 nitrogen and oxygen atoms in total. The Morgan fingerprint density at radius 3 is 2.50 bits per heavy atom. The molecule has 0 radical (unpaired) electrons. The molecule has 0 aliphatic carbocycles. The zero-order valence-electron chi connectivity index (χ0n) is 9.77. The highest BCUT2D eigenvalue weighted by atomic mass is 16.5. The van der Waals surface area contributed by atoms with Gasteiger partial charge in [-0.2, -0.15) is 0 Å². The molecule has 0 aliphatic rings. The Bertz CT molecular complexity index is 355. The van der Waals surface area contributed by atoms with E-state index in [0.29, 0.717) is 6.42 Å². The van der Waals surface area contributed by atoms with Crippen molar-refractivity contribution >= 4 is 11.7 Å². The fourth-order valence-electron chi connectivity index (χ4n) is 1.28. The Kier molecular flexibility index (Phi) is 4.58. The van der Waals surface area contributed by atoms with Crippen LogP contribution < -0.4 is 4.90 Å². The first kappa shape index (κ1) is 12.3. The number of ether oxygens (including phenoxy) is 1. The molecule has 0 saturated carbocycles. The van der Waals surface area contributed by atoms with Gasteiger partial charge in [0.15, 0.2) is 0 Å². The fraction of sp³-hybridized carbons (Fsp3) is 0.308. The number of rotatable bonds is 5. The van der Waals surface area contributed by atoms with E-state index in [4.69, 9.17) is 4.74 Å². The summed E-state index contributed by atoms with van der Waals surface area (Å²) in [6.45, 7) is 3.76. The lowest BCUT2D eigenvalue weighted by atomic mass is 10.1.